The van der Waals surface area contributed by atoms with Gasteiger partial charge in [-0.1, -0.05) is 0 Å². The monoisotopic (exact) mass is 370 g/mol. The molecule has 2 heterocycles. The van der Waals surface area contributed by atoms with Crippen molar-refractivity contribution in [1.82, 2.24) is 4.90 Å². The first-order chi connectivity index (χ1) is 12.9. The van der Waals surface area contributed by atoms with E-state index in [0.717, 1.165) is 12.1 Å². The number of carbonyl (C=O) groups is 3. The van der Waals surface area contributed by atoms with Gasteiger partial charge in [-0.05, 0) is 43.7 Å². The van der Waals surface area contributed by atoms with Crippen LogP contribution in [0.1, 0.15) is 45.1 Å². The Morgan fingerprint density at radius 3 is 2.56 bits per heavy atom. The van der Waals surface area contributed by atoms with Crippen LogP contribution < -0.4 is 4.90 Å². The molecule has 2 aromatic rings. The third kappa shape index (κ3) is 3.86. The summed E-state index contributed by atoms with van der Waals surface area (Å²) in [6.45, 7) is 2.62. The summed E-state index contributed by atoms with van der Waals surface area (Å²) < 4.78 is 10.3. The smallest absolute Gasteiger partial charge is 0.341 e. The molecule has 1 aromatic carbocycles. The Balaban J connectivity index is 1.68. The molecule has 1 aliphatic rings. The Bertz CT molecular complexity index is 869. The van der Waals surface area contributed by atoms with Crippen molar-refractivity contribution in [1.29, 1.82) is 0 Å². The van der Waals surface area contributed by atoms with Crippen molar-refractivity contribution in [2.75, 3.05) is 25.6 Å². The first-order valence-electron chi connectivity index (χ1n) is 8.74. The quantitative estimate of drug-likeness (QED) is 0.756. The molecule has 1 fully saturated rings. The summed E-state index contributed by atoms with van der Waals surface area (Å²) >= 11 is 0. The maximum Gasteiger partial charge on any atom is 0.341 e. The van der Waals surface area contributed by atoms with E-state index in [4.69, 9.17) is 9.15 Å². The molecule has 0 radical (unpaired) electrons. The highest BCUT2D eigenvalue weighted by atomic mass is 16.5. The topological polar surface area (TPSA) is 80.1 Å². The van der Waals surface area contributed by atoms with E-state index in [9.17, 15) is 14.4 Å². The lowest BCUT2D eigenvalue weighted by molar-refractivity contribution is -0.117. The average molecular weight is 370 g/mol. The number of furan rings is 1. The summed E-state index contributed by atoms with van der Waals surface area (Å²) in [4.78, 5) is 39.4. The van der Waals surface area contributed by atoms with Crippen LogP contribution in [-0.4, -0.2) is 43.4 Å². The zero-order chi connectivity index (χ0) is 19.6. The fraction of sp³-hybridized carbons (Fsp3) is 0.350. The van der Waals surface area contributed by atoms with Crippen LogP contribution in [-0.2, 0) is 16.1 Å². The molecular formula is C20H22N2O5. The zero-order valence-electron chi connectivity index (χ0n) is 15.7. The van der Waals surface area contributed by atoms with E-state index in [1.165, 1.54) is 12.0 Å². The number of hydrogen-bond acceptors (Lipinski definition) is 5. The number of anilines is 1. The number of aryl methyl sites for hydroxylation is 1. The first-order valence-corrected chi connectivity index (χ1v) is 8.74. The van der Waals surface area contributed by atoms with E-state index in [0.29, 0.717) is 35.6 Å². The molecule has 0 N–H and O–H groups in total. The van der Waals surface area contributed by atoms with Crippen molar-refractivity contribution < 1.29 is 23.5 Å². The van der Waals surface area contributed by atoms with Crippen molar-refractivity contribution in [2.45, 2.75) is 26.3 Å². The van der Waals surface area contributed by atoms with Crippen LogP contribution in [0, 0.1) is 6.92 Å². The number of amides is 2. The van der Waals surface area contributed by atoms with Gasteiger partial charge in [0.2, 0.25) is 5.91 Å². The van der Waals surface area contributed by atoms with Gasteiger partial charge in [0.15, 0.2) is 0 Å². The van der Waals surface area contributed by atoms with Crippen molar-refractivity contribution >= 4 is 23.5 Å². The highest BCUT2D eigenvalue weighted by Crippen LogP contribution is 2.22. The zero-order valence-corrected chi connectivity index (χ0v) is 15.7. The summed E-state index contributed by atoms with van der Waals surface area (Å²) in [6, 6.07) is 8.60. The van der Waals surface area contributed by atoms with Gasteiger partial charge in [-0.15, -0.1) is 0 Å². The molecule has 0 saturated carbocycles. The predicted molar refractivity (Wildman–Crippen MR) is 98.6 cm³/mol. The van der Waals surface area contributed by atoms with Crippen LogP contribution in [0.2, 0.25) is 0 Å². The number of nitrogens with zero attached hydrogens (tertiary/aromatic N) is 2. The number of hydrogen-bond donors (Lipinski definition) is 0. The number of methoxy groups -OCH3 is 1. The lowest BCUT2D eigenvalue weighted by atomic mass is 10.1. The Hall–Kier alpha value is -3.09. The van der Waals surface area contributed by atoms with Gasteiger partial charge in [-0.3, -0.25) is 9.59 Å². The molecule has 0 unspecified atom stereocenters. The van der Waals surface area contributed by atoms with E-state index in [1.54, 1.807) is 49.2 Å². The Kier molecular flexibility index (Phi) is 5.30. The molecule has 142 valence electrons. The highest BCUT2D eigenvalue weighted by Gasteiger charge is 2.22. The minimum absolute atomic E-state index is 0.112. The van der Waals surface area contributed by atoms with Crippen LogP contribution in [0.25, 0.3) is 0 Å². The molecule has 0 atom stereocenters. The predicted octanol–water partition coefficient (Wildman–Crippen LogP) is 2.77. The maximum atomic E-state index is 12.6. The second-order valence-electron chi connectivity index (χ2n) is 6.53. The third-order valence-electron chi connectivity index (χ3n) is 4.61. The van der Waals surface area contributed by atoms with E-state index in [2.05, 4.69) is 0 Å². The summed E-state index contributed by atoms with van der Waals surface area (Å²) in [5, 5.41) is 0. The molecule has 0 bridgehead atoms. The third-order valence-corrected chi connectivity index (χ3v) is 4.61. The lowest BCUT2D eigenvalue weighted by Crippen LogP contribution is -2.26. The van der Waals surface area contributed by atoms with Crippen LogP contribution >= 0.6 is 0 Å². The van der Waals surface area contributed by atoms with Gasteiger partial charge < -0.3 is 19.0 Å². The van der Waals surface area contributed by atoms with Crippen molar-refractivity contribution in [2.24, 2.45) is 0 Å². The van der Waals surface area contributed by atoms with Crippen molar-refractivity contribution in [3.63, 3.8) is 0 Å². The van der Waals surface area contributed by atoms with Crippen LogP contribution in [0.15, 0.2) is 34.7 Å². The summed E-state index contributed by atoms with van der Waals surface area (Å²) in [5.41, 5.74) is 1.68. The molecule has 7 nitrogen and oxygen atoms in total. The van der Waals surface area contributed by atoms with Crippen molar-refractivity contribution in [3.05, 3.63) is 53.0 Å². The number of carbonyl (C=O) groups excluding carboxylic acids is 3. The molecule has 3 rings (SSSR count). The standard InChI is InChI=1S/C20H22N2O5/c1-13-17(20(25)26-3)11-16(27-13)12-21(2)19(24)14-6-8-15(9-7-14)22-10-4-5-18(22)23/h6-9,11H,4-5,10,12H2,1-3H3. The molecule has 7 heteroatoms. The lowest BCUT2D eigenvalue weighted by Gasteiger charge is -2.18. The summed E-state index contributed by atoms with van der Waals surface area (Å²) in [7, 11) is 2.97. The normalized spacial score (nSPS) is 13.7. The highest BCUT2D eigenvalue weighted by molar-refractivity contribution is 5.97. The van der Waals surface area contributed by atoms with Gasteiger partial charge >= 0.3 is 5.97 Å². The molecule has 0 aliphatic carbocycles. The molecular weight excluding hydrogens is 348 g/mol. The van der Waals surface area contributed by atoms with E-state index >= 15 is 0 Å². The summed E-state index contributed by atoms with van der Waals surface area (Å²) in [5.74, 6) is 0.424. The number of rotatable bonds is 5. The molecule has 2 amide bonds. The maximum absolute atomic E-state index is 12.6. The van der Waals surface area contributed by atoms with Gasteiger partial charge in [0.1, 0.15) is 17.1 Å². The number of esters is 1. The molecule has 0 spiro atoms. The van der Waals surface area contributed by atoms with Crippen LogP contribution in [0.5, 0.6) is 0 Å². The van der Waals surface area contributed by atoms with Crippen molar-refractivity contribution in [3.8, 4) is 0 Å². The molecule has 27 heavy (non-hydrogen) atoms. The van der Waals surface area contributed by atoms with Crippen LogP contribution in [0.4, 0.5) is 5.69 Å². The van der Waals surface area contributed by atoms with Crippen LogP contribution in [0.3, 0.4) is 0 Å². The second-order valence-corrected chi connectivity index (χ2v) is 6.53. The van der Waals surface area contributed by atoms with Gasteiger partial charge in [-0.2, -0.15) is 0 Å². The average Bonchev–Trinajstić information content (AvgIpc) is 3.25. The summed E-state index contributed by atoms with van der Waals surface area (Å²) in [6.07, 6.45) is 1.43. The number of ether oxygens (including phenoxy) is 1. The SMILES string of the molecule is COC(=O)c1cc(CN(C)C(=O)c2ccc(N3CCCC3=O)cc2)oc1C. The number of benzene rings is 1. The Morgan fingerprint density at radius 2 is 1.96 bits per heavy atom. The van der Waals surface area contributed by atoms with E-state index in [1.807, 2.05) is 0 Å². The Labute approximate surface area is 157 Å². The molecule has 1 aliphatic heterocycles. The van der Waals surface area contributed by atoms with E-state index in [-0.39, 0.29) is 18.4 Å². The molecule has 1 saturated heterocycles. The largest absolute Gasteiger partial charge is 0.465 e. The minimum Gasteiger partial charge on any atom is -0.465 e. The minimum atomic E-state index is -0.469. The first kappa shape index (κ1) is 18.7. The van der Waals surface area contributed by atoms with Gasteiger partial charge in [0, 0.05) is 31.3 Å². The Morgan fingerprint density at radius 1 is 1.26 bits per heavy atom. The van der Waals surface area contributed by atoms with Gasteiger partial charge in [0.05, 0.1) is 13.7 Å². The fourth-order valence-corrected chi connectivity index (χ4v) is 3.17. The van der Waals surface area contributed by atoms with Gasteiger partial charge in [0.25, 0.3) is 5.91 Å². The fourth-order valence-electron chi connectivity index (χ4n) is 3.17. The van der Waals surface area contributed by atoms with Gasteiger partial charge in [-0.25, -0.2) is 4.79 Å². The van der Waals surface area contributed by atoms with E-state index < -0.39 is 5.97 Å². The molecule has 1 aromatic heterocycles. The second kappa shape index (κ2) is 7.65.